The molecule has 2 aliphatic heterocycles. The Morgan fingerprint density at radius 2 is 1.76 bits per heavy atom. The Balaban J connectivity index is 1.39. The average Bonchev–Trinajstić information content (AvgIpc) is 3.27. The van der Waals surface area contributed by atoms with Gasteiger partial charge in [0.05, 0.1) is 4.91 Å². The molecule has 0 spiro atoms. The summed E-state index contributed by atoms with van der Waals surface area (Å²) in [5.74, 6) is -0.378. The van der Waals surface area contributed by atoms with Crippen LogP contribution in [0.15, 0.2) is 51.7 Å². The summed E-state index contributed by atoms with van der Waals surface area (Å²) in [4.78, 5) is 22.5. The van der Waals surface area contributed by atoms with Crippen molar-refractivity contribution in [3.63, 3.8) is 0 Å². The van der Waals surface area contributed by atoms with Gasteiger partial charge >= 0.3 is 0 Å². The van der Waals surface area contributed by atoms with Crippen LogP contribution in [-0.4, -0.2) is 42.2 Å². The van der Waals surface area contributed by atoms with E-state index in [4.69, 9.17) is 0 Å². The summed E-state index contributed by atoms with van der Waals surface area (Å²) in [6.07, 6.45) is 1.91. The first-order valence-corrected chi connectivity index (χ1v) is 9.70. The van der Waals surface area contributed by atoms with Gasteiger partial charge < -0.3 is 9.80 Å². The van der Waals surface area contributed by atoms with Crippen LogP contribution in [0.1, 0.15) is 4.88 Å². The number of halogens is 1. The number of carbonyl (C=O) groups is 1. The third-order valence-electron chi connectivity index (χ3n) is 4.17. The lowest BCUT2D eigenvalue weighted by Crippen LogP contribution is -2.47. The molecule has 0 aliphatic carbocycles. The number of amides is 1. The van der Waals surface area contributed by atoms with E-state index in [1.165, 1.54) is 23.9 Å². The molecule has 0 N–H and O–H groups in total. The van der Waals surface area contributed by atoms with E-state index in [0.717, 1.165) is 41.9 Å². The normalized spacial score (nSPS) is 19.6. The summed E-state index contributed by atoms with van der Waals surface area (Å²) in [7, 11) is 0. The Hall–Kier alpha value is -2.12. The molecule has 0 saturated carbocycles. The first kappa shape index (κ1) is 16.4. The van der Waals surface area contributed by atoms with Crippen molar-refractivity contribution in [3.05, 3.63) is 57.4 Å². The zero-order valence-corrected chi connectivity index (χ0v) is 15.0. The van der Waals surface area contributed by atoms with Gasteiger partial charge in [-0.1, -0.05) is 6.07 Å². The number of hydrogen-bond acceptors (Lipinski definition) is 5. The van der Waals surface area contributed by atoms with E-state index in [9.17, 15) is 9.18 Å². The van der Waals surface area contributed by atoms with E-state index in [1.54, 1.807) is 23.5 Å². The Kier molecular flexibility index (Phi) is 4.59. The molecule has 25 heavy (non-hydrogen) atoms. The minimum Gasteiger partial charge on any atom is -0.368 e. The number of anilines is 1. The molecular weight excluding hydrogens is 357 g/mol. The van der Waals surface area contributed by atoms with Gasteiger partial charge in [-0.05, 0) is 53.5 Å². The summed E-state index contributed by atoms with van der Waals surface area (Å²) in [5, 5.41) is 2.78. The van der Waals surface area contributed by atoms with Crippen molar-refractivity contribution in [1.29, 1.82) is 0 Å². The van der Waals surface area contributed by atoms with E-state index >= 15 is 0 Å². The highest BCUT2D eigenvalue weighted by molar-refractivity contribution is 8.18. The number of thioether (sulfide) groups is 1. The van der Waals surface area contributed by atoms with Crippen molar-refractivity contribution >= 4 is 45.9 Å². The highest BCUT2D eigenvalue weighted by atomic mass is 32.2. The summed E-state index contributed by atoms with van der Waals surface area (Å²) in [5.41, 5.74) is 1.02. The Labute approximate surface area is 153 Å². The Morgan fingerprint density at radius 1 is 1.04 bits per heavy atom. The van der Waals surface area contributed by atoms with Crippen molar-refractivity contribution in [3.8, 4) is 0 Å². The number of rotatable bonds is 2. The largest absolute Gasteiger partial charge is 0.368 e. The number of benzene rings is 1. The molecule has 1 fully saturated rings. The van der Waals surface area contributed by atoms with Crippen molar-refractivity contribution in [2.24, 2.45) is 4.99 Å². The quantitative estimate of drug-likeness (QED) is 0.753. The van der Waals surface area contributed by atoms with Gasteiger partial charge in [0.1, 0.15) is 5.82 Å². The third-order valence-corrected chi connectivity index (χ3v) is 6.03. The van der Waals surface area contributed by atoms with E-state index in [-0.39, 0.29) is 11.7 Å². The van der Waals surface area contributed by atoms with Gasteiger partial charge in [0.15, 0.2) is 5.17 Å². The second-order valence-electron chi connectivity index (χ2n) is 5.78. The van der Waals surface area contributed by atoms with E-state index in [2.05, 4.69) is 14.8 Å². The first-order chi connectivity index (χ1) is 12.2. The van der Waals surface area contributed by atoms with E-state index < -0.39 is 0 Å². The molecule has 2 aromatic rings. The molecule has 1 amide bonds. The Bertz CT molecular complexity index is 823. The van der Waals surface area contributed by atoms with Crippen molar-refractivity contribution in [2.75, 3.05) is 31.1 Å². The number of piperazine rings is 1. The molecule has 0 bridgehead atoms. The van der Waals surface area contributed by atoms with Crippen LogP contribution < -0.4 is 4.90 Å². The highest BCUT2D eigenvalue weighted by Crippen LogP contribution is 2.31. The van der Waals surface area contributed by atoms with Gasteiger partial charge in [-0.3, -0.25) is 4.79 Å². The SMILES string of the molecule is O=C1N=C(N2CCN(c3ccc(F)cc3)CC2)S/C1=C\c1cccs1. The molecule has 0 atom stereocenters. The smallest absolute Gasteiger partial charge is 0.286 e. The highest BCUT2D eigenvalue weighted by Gasteiger charge is 2.28. The number of thiophene rings is 1. The molecule has 7 heteroatoms. The molecule has 2 aliphatic rings. The van der Waals surface area contributed by atoms with Crippen LogP contribution in [0.3, 0.4) is 0 Å². The van der Waals surface area contributed by atoms with Gasteiger partial charge in [-0.2, -0.15) is 4.99 Å². The molecule has 4 rings (SSSR count). The summed E-state index contributed by atoms with van der Waals surface area (Å²) in [6.45, 7) is 3.23. The van der Waals surface area contributed by atoms with Gasteiger partial charge in [0.25, 0.3) is 5.91 Å². The molecule has 1 aromatic carbocycles. The van der Waals surface area contributed by atoms with Crippen molar-refractivity contribution in [1.82, 2.24) is 4.90 Å². The van der Waals surface area contributed by atoms with E-state index in [0.29, 0.717) is 4.91 Å². The first-order valence-electron chi connectivity index (χ1n) is 8.00. The molecule has 0 unspecified atom stereocenters. The fourth-order valence-electron chi connectivity index (χ4n) is 2.84. The van der Waals surface area contributed by atoms with Crippen molar-refractivity contribution < 1.29 is 9.18 Å². The van der Waals surface area contributed by atoms with Gasteiger partial charge in [-0.25, -0.2) is 4.39 Å². The van der Waals surface area contributed by atoms with Crippen LogP contribution in [0.2, 0.25) is 0 Å². The van der Waals surface area contributed by atoms with Crippen molar-refractivity contribution in [2.45, 2.75) is 0 Å². The number of hydrogen-bond donors (Lipinski definition) is 0. The van der Waals surface area contributed by atoms with Crippen LogP contribution in [-0.2, 0) is 4.79 Å². The molecule has 4 nitrogen and oxygen atoms in total. The summed E-state index contributed by atoms with van der Waals surface area (Å²) < 4.78 is 13.0. The standard InChI is InChI=1S/C18H16FN3OS2/c19-13-3-5-14(6-4-13)21-7-9-22(10-8-21)18-20-17(23)16(25-18)12-15-2-1-11-24-15/h1-6,11-12H,7-10H2/b16-12-. The number of amidine groups is 1. The minimum atomic E-state index is -0.220. The molecule has 128 valence electrons. The molecular formula is C18H16FN3OS2. The van der Waals surface area contributed by atoms with Gasteiger partial charge in [0, 0.05) is 36.7 Å². The zero-order valence-electron chi connectivity index (χ0n) is 13.4. The monoisotopic (exact) mass is 373 g/mol. The maximum absolute atomic E-state index is 13.0. The fourth-order valence-corrected chi connectivity index (χ4v) is 4.53. The number of carbonyl (C=O) groups excluding carboxylic acids is 1. The average molecular weight is 373 g/mol. The molecule has 3 heterocycles. The van der Waals surface area contributed by atoms with Crippen LogP contribution in [0.5, 0.6) is 0 Å². The zero-order chi connectivity index (χ0) is 17.2. The predicted molar refractivity (Wildman–Crippen MR) is 103 cm³/mol. The summed E-state index contributed by atoms with van der Waals surface area (Å²) in [6, 6.07) is 10.5. The van der Waals surface area contributed by atoms with E-state index in [1.807, 2.05) is 23.6 Å². The number of aliphatic imine (C=N–C) groups is 1. The number of nitrogens with zero attached hydrogens (tertiary/aromatic N) is 3. The van der Waals surface area contributed by atoms with Crippen LogP contribution in [0, 0.1) is 5.82 Å². The topological polar surface area (TPSA) is 35.9 Å². The second kappa shape index (κ2) is 7.01. The lowest BCUT2D eigenvalue weighted by atomic mass is 10.2. The maximum Gasteiger partial charge on any atom is 0.286 e. The van der Waals surface area contributed by atoms with Crippen LogP contribution in [0.25, 0.3) is 6.08 Å². The third kappa shape index (κ3) is 3.62. The fraction of sp³-hybridized carbons (Fsp3) is 0.222. The maximum atomic E-state index is 13.0. The predicted octanol–water partition coefficient (Wildman–Crippen LogP) is 3.68. The Morgan fingerprint density at radius 3 is 2.44 bits per heavy atom. The molecule has 0 radical (unpaired) electrons. The molecule has 1 aromatic heterocycles. The van der Waals surface area contributed by atoms with Gasteiger partial charge in [0.2, 0.25) is 0 Å². The minimum absolute atomic E-state index is 0.158. The lowest BCUT2D eigenvalue weighted by molar-refractivity contribution is -0.113. The second-order valence-corrected chi connectivity index (χ2v) is 7.76. The van der Waals surface area contributed by atoms with Crippen LogP contribution >= 0.6 is 23.1 Å². The summed E-state index contributed by atoms with van der Waals surface area (Å²) >= 11 is 3.06. The van der Waals surface area contributed by atoms with Crippen LogP contribution in [0.4, 0.5) is 10.1 Å². The molecule has 1 saturated heterocycles. The lowest BCUT2D eigenvalue weighted by Gasteiger charge is -2.36. The van der Waals surface area contributed by atoms with Gasteiger partial charge in [-0.15, -0.1) is 11.3 Å².